The van der Waals surface area contributed by atoms with Gasteiger partial charge in [0.2, 0.25) is 5.91 Å². The molecule has 3 rings (SSSR count). The molecule has 6 nitrogen and oxygen atoms in total. The third kappa shape index (κ3) is 5.53. The molecule has 6 heteroatoms. The van der Waals surface area contributed by atoms with E-state index in [1.807, 2.05) is 48.5 Å². The SMILES string of the molecule is C#CCOc1cc(CNC(=O)C(c2ccccc2)N2CCN(C)CC2)ccc1OC. The van der Waals surface area contributed by atoms with Gasteiger partial charge in [0.15, 0.2) is 11.5 Å². The van der Waals surface area contributed by atoms with Crippen LogP contribution in [0.5, 0.6) is 11.5 Å². The Morgan fingerprint density at radius 1 is 1.13 bits per heavy atom. The molecule has 0 bridgehead atoms. The van der Waals surface area contributed by atoms with Gasteiger partial charge in [-0.3, -0.25) is 9.69 Å². The van der Waals surface area contributed by atoms with Crippen molar-refractivity contribution in [3.8, 4) is 23.8 Å². The van der Waals surface area contributed by atoms with Gasteiger partial charge >= 0.3 is 0 Å². The number of piperazine rings is 1. The predicted molar refractivity (Wildman–Crippen MR) is 117 cm³/mol. The molecule has 2 aromatic carbocycles. The fourth-order valence-electron chi connectivity index (χ4n) is 3.59. The zero-order chi connectivity index (χ0) is 21.3. The molecular weight excluding hydrogens is 378 g/mol. The molecule has 1 aliphatic rings. The summed E-state index contributed by atoms with van der Waals surface area (Å²) in [5, 5.41) is 3.10. The molecule has 1 fully saturated rings. The van der Waals surface area contributed by atoms with Crippen LogP contribution >= 0.6 is 0 Å². The van der Waals surface area contributed by atoms with E-state index in [9.17, 15) is 4.79 Å². The molecule has 1 atom stereocenters. The van der Waals surface area contributed by atoms with Crippen LogP contribution < -0.4 is 14.8 Å². The number of carbonyl (C=O) groups is 1. The molecule has 1 saturated heterocycles. The van der Waals surface area contributed by atoms with Crippen LogP contribution in [0.1, 0.15) is 17.2 Å². The predicted octanol–water partition coefficient (Wildman–Crippen LogP) is 2.31. The lowest BCUT2D eigenvalue weighted by Gasteiger charge is -2.37. The number of rotatable bonds is 8. The van der Waals surface area contributed by atoms with Gasteiger partial charge in [0.25, 0.3) is 0 Å². The summed E-state index contributed by atoms with van der Waals surface area (Å²) in [6.45, 7) is 4.17. The minimum Gasteiger partial charge on any atom is -0.493 e. The van der Waals surface area contributed by atoms with Gasteiger partial charge < -0.3 is 19.7 Å². The van der Waals surface area contributed by atoms with Gasteiger partial charge in [-0.25, -0.2) is 0 Å². The van der Waals surface area contributed by atoms with E-state index in [1.54, 1.807) is 7.11 Å². The number of likely N-dealkylation sites (N-methyl/N-ethyl adjacent to an activating group) is 1. The number of carbonyl (C=O) groups excluding carboxylic acids is 1. The first-order chi connectivity index (χ1) is 14.6. The molecule has 0 aliphatic carbocycles. The summed E-state index contributed by atoms with van der Waals surface area (Å²) in [7, 11) is 3.69. The Hall–Kier alpha value is -3.01. The molecule has 0 radical (unpaired) electrons. The molecule has 1 aliphatic heterocycles. The molecule has 0 spiro atoms. The van der Waals surface area contributed by atoms with Crippen LogP contribution in [0.4, 0.5) is 0 Å². The van der Waals surface area contributed by atoms with Crippen molar-refractivity contribution in [2.24, 2.45) is 0 Å². The normalized spacial score (nSPS) is 15.8. The van der Waals surface area contributed by atoms with E-state index in [0.29, 0.717) is 18.0 Å². The van der Waals surface area contributed by atoms with Crippen molar-refractivity contribution in [3.05, 3.63) is 59.7 Å². The minimum atomic E-state index is -0.310. The summed E-state index contributed by atoms with van der Waals surface area (Å²) < 4.78 is 10.9. The molecule has 1 heterocycles. The Morgan fingerprint density at radius 2 is 1.87 bits per heavy atom. The summed E-state index contributed by atoms with van der Waals surface area (Å²) >= 11 is 0. The fraction of sp³-hybridized carbons (Fsp3) is 0.375. The molecule has 2 aromatic rings. The van der Waals surface area contributed by atoms with Gasteiger partial charge in [-0.1, -0.05) is 42.3 Å². The lowest BCUT2D eigenvalue weighted by molar-refractivity contribution is -0.127. The smallest absolute Gasteiger partial charge is 0.242 e. The summed E-state index contributed by atoms with van der Waals surface area (Å²) in [6, 6.07) is 15.2. The number of methoxy groups -OCH3 is 1. The number of hydrogen-bond donors (Lipinski definition) is 1. The van der Waals surface area contributed by atoms with E-state index in [1.165, 1.54) is 0 Å². The number of amides is 1. The Bertz CT molecular complexity index is 871. The van der Waals surface area contributed by atoms with Gasteiger partial charge in [0, 0.05) is 32.7 Å². The van der Waals surface area contributed by atoms with Gasteiger partial charge in [0.1, 0.15) is 12.6 Å². The van der Waals surface area contributed by atoms with E-state index in [-0.39, 0.29) is 18.6 Å². The van der Waals surface area contributed by atoms with Gasteiger partial charge in [-0.05, 0) is 30.3 Å². The highest BCUT2D eigenvalue weighted by molar-refractivity contribution is 5.83. The summed E-state index contributed by atoms with van der Waals surface area (Å²) in [5.41, 5.74) is 1.92. The number of hydrogen-bond acceptors (Lipinski definition) is 5. The molecule has 1 unspecified atom stereocenters. The van der Waals surface area contributed by atoms with Crippen LogP contribution in [0.2, 0.25) is 0 Å². The summed E-state index contributed by atoms with van der Waals surface area (Å²) in [4.78, 5) is 17.8. The van der Waals surface area contributed by atoms with Crippen LogP contribution in [0.3, 0.4) is 0 Å². The zero-order valence-corrected chi connectivity index (χ0v) is 17.6. The number of nitrogens with one attached hydrogen (secondary N) is 1. The number of benzene rings is 2. The van der Waals surface area contributed by atoms with Crippen molar-refractivity contribution in [2.75, 3.05) is 46.9 Å². The fourth-order valence-corrected chi connectivity index (χ4v) is 3.59. The largest absolute Gasteiger partial charge is 0.493 e. The second kappa shape index (κ2) is 10.7. The maximum atomic E-state index is 13.2. The van der Waals surface area contributed by atoms with Gasteiger partial charge in [-0.15, -0.1) is 6.42 Å². The molecule has 30 heavy (non-hydrogen) atoms. The Balaban J connectivity index is 1.72. The highest BCUT2D eigenvalue weighted by Crippen LogP contribution is 2.28. The third-order valence-corrected chi connectivity index (χ3v) is 5.27. The lowest BCUT2D eigenvalue weighted by atomic mass is 10.0. The average molecular weight is 408 g/mol. The first-order valence-corrected chi connectivity index (χ1v) is 10.1. The van der Waals surface area contributed by atoms with E-state index in [4.69, 9.17) is 15.9 Å². The van der Waals surface area contributed by atoms with E-state index >= 15 is 0 Å². The second-order valence-corrected chi connectivity index (χ2v) is 7.35. The van der Waals surface area contributed by atoms with Crippen molar-refractivity contribution in [1.82, 2.24) is 15.1 Å². The van der Waals surface area contributed by atoms with Crippen molar-refractivity contribution in [3.63, 3.8) is 0 Å². The molecule has 0 aromatic heterocycles. The Labute approximate surface area is 178 Å². The maximum Gasteiger partial charge on any atom is 0.242 e. The summed E-state index contributed by atoms with van der Waals surface area (Å²) in [5.74, 6) is 3.63. The lowest BCUT2D eigenvalue weighted by Crippen LogP contribution is -2.49. The standard InChI is InChI=1S/C24H29N3O3/c1-4-16-30-22-17-19(10-11-21(22)29-3)18-25-24(28)23(20-8-6-5-7-9-20)27-14-12-26(2)13-15-27/h1,5-11,17,23H,12-16,18H2,2-3H3,(H,25,28). The highest BCUT2D eigenvalue weighted by Gasteiger charge is 2.29. The minimum absolute atomic E-state index is 0.00679. The van der Waals surface area contributed by atoms with Crippen LogP contribution in [-0.4, -0.2) is 62.7 Å². The number of terminal acetylenes is 1. The topological polar surface area (TPSA) is 54.0 Å². The van der Waals surface area contributed by atoms with Crippen molar-refractivity contribution in [2.45, 2.75) is 12.6 Å². The molecule has 1 N–H and O–H groups in total. The monoisotopic (exact) mass is 407 g/mol. The zero-order valence-electron chi connectivity index (χ0n) is 17.6. The van der Waals surface area contributed by atoms with Gasteiger partial charge in [0.05, 0.1) is 7.11 Å². The van der Waals surface area contributed by atoms with Gasteiger partial charge in [-0.2, -0.15) is 0 Å². The Morgan fingerprint density at radius 3 is 2.53 bits per heavy atom. The van der Waals surface area contributed by atoms with Crippen molar-refractivity contribution < 1.29 is 14.3 Å². The second-order valence-electron chi connectivity index (χ2n) is 7.35. The number of ether oxygens (including phenoxy) is 2. The van der Waals surface area contributed by atoms with Crippen molar-refractivity contribution >= 4 is 5.91 Å². The van der Waals surface area contributed by atoms with E-state index < -0.39 is 0 Å². The third-order valence-electron chi connectivity index (χ3n) is 5.27. The van der Waals surface area contributed by atoms with Crippen LogP contribution in [-0.2, 0) is 11.3 Å². The highest BCUT2D eigenvalue weighted by atomic mass is 16.5. The van der Waals surface area contributed by atoms with Crippen LogP contribution in [0.25, 0.3) is 0 Å². The maximum absolute atomic E-state index is 13.2. The molecule has 158 valence electrons. The van der Waals surface area contributed by atoms with Crippen LogP contribution in [0.15, 0.2) is 48.5 Å². The van der Waals surface area contributed by atoms with E-state index in [2.05, 4.69) is 28.1 Å². The average Bonchev–Trinajstić information content (AvgIpc) is 2.78. The quantitative estimate of drug-likeness (QED) is 0.681. The van der Waals surface area contributed by atoms with Crippen LogP contribution in [0, 0.1) is 12.3 Å². The van der Waals surface area contributed by atoms with E-state index in [0.717, 1.165) is 37.3 Å². The van der Waals surface area contributed by atoms with Crippen molar-refractivity contribution in [1.29, 1.82) is 0 Å². The Kier molecular flexibility index (Phi) is 7.72. The molecular formula is C24H29N3O3. The molecule has 0 saturated carbocycles. The first-order valence-electron chi connectivity index (χ1n) is 10.1. The first kappa shape index (κ1) is 21.7. The number of nitrogens with zero attached hydrogens (tertiary/aromatic N) is 2. The molecule has 1 amide bonds. The summed E-state index contributed by atoms with van der Waals surface area (Å²) in [6.07, 6.45) is 5.29.